The molecule has 4 N–H and O–H groups in total. The number of aliphatic hydroxyl groups is 2. The molecule has 0 amide bonds. The Kier molecular flexibility index (Phi) is 7.42. The Balaban J connectivity index is 1.91. The van der Waals surface area contributed by atoms with Gasteiger partial charge in [-0.25, -0.2) is 13.2 Å². The van der Waals surface area contributed by atoms with Gasteiger partial charge in [0.2, 0.25) is 0 Å². The summed E-state index contributed by atoms with van der Waals surface area (Å²) in [6.45, 7) is 5.65. The van der Waals surface area contributed by atoms with Crippen LogP contribution in [0.4, 0.5) is 30.6 Å². The number of anilines is 3. The summed E-state index contributed by atoms with van der Waals surface area (Å²) in [5.41, 5.74) is 3.12. The average Bonchev–Trinajstić information content (AvgIpc) is 3.23. The van der Waals surface area contributed by atoms with Crippen LogP contribution in [0.15, 0.2) is 34.7 Å². The lowest BCUT2D eigenvalue weighted by Crippen LogP contribution is -2.23. The first kappa shape index (κ1) is 24.3. The van der Waals surface area contributed by atoms with Crippen LogP contribution in [-0.4, -0.2) is 47.7 Å². The zero-order valence-corrected chi connectivity index (χ0v) is 19.2. The maximum absolute atomic E-state index is 14.7. The molecule has 0 aliphatic carbocycles. The summed E-state index contributed by atoms with van der Waals surface area (Å²) in [6, 6.07) is 6.17. The molecule has 3 rings (SSSR count). The van der Waals surface area contributed by atoms with Crippen LogP contribution < -0.4 is 10.6 Å². The van der Waals surface area contributed by atoms with Crippen LogP contribution in [0.25, 0.3) is 11.5 Å². The molecule has 0 radical (unpaired) electrons. The van der Waals surface area contributed by atoms with E-state index in [4.69, 9.17) is 9.52 Å². The third-order valence-electron chi connectivity index (χ3n) is 4.26. The average molecular weight is 477 g/mol. The van der Waals surface area contributed by atoms with Crippen molar-refractivity contribution in [3.63, 3.8) is 0 Å². The second kappa shape index (κ2) is 10.1. The van der Waals surface area contributed by atoms with Crippen molar-refractivity contribution >= 4 is 25.5 Å². The quantitative estimate of drug-likeness (QED) is 0.303. The van der Waals surface area contributed by atoms with Crippen LogP contribution in [0, 0.1) is 28.9 Å². The highest BCUT2D eigenvalue weighted by molar-refractivity contribution is 6.83. The molecule has 0 spiro atoms. The number of hydrogen-bond acceptors (Lipinski definition) is 7. The number of aliphatic hydroxyl groups excluding tert-OH is 2. The lowest BCUT2D eigenvalue weighted by molar-refractivity contribution is 0.105. The van der Waals surface area contributed by atoms with Gasteiger partial charge in [0.25, 0.3) is 5.89 Å². The number of halogens is 3. The predicted molar refractivity (Wildman–Crippen MR) is 121 cm³/mol. The van der Waals surface area contributed by atoms with Crippen LogP contribution in [0.1, 0.15) is 5.56 Å². The molecule has 0 saturated carbocycles. The van der Waals surface area contributed by atoms with Gasteiger partial charge < -0.3 is 25.3 Å². The second-order valence-electron chi connectivity index (χ2n) is 8.23. The molecule has 2 aromatic carbocycles. The molecule has 1 heterocycles. The van der Waals surface area contributed by atoms with E-state index in [1.54, 1.807) is 6.07 Å². The van der Waals surface area contributed by atoms with Crippen LogP contribution in [-0.2, 0) is 0 Å². The number of rotatable bonds is 7. The fourth-order valence-electron chi connectivity index (χ4n) is 2.61. The molecule has 0 aliphatic heterocycles. The van der Waals surface area contributed by atoms with E-state index in [1.165, 1.54) is 18.2 Å². The summed E-state index contributed by atoms with van der Waals surface area (Å²) >= 11 is 0. The number of nitrogens with one attached hydrogen (secondary N) is 2. The van der Waals surface area contributed by atoms with Crippen molar-refractivity contribution in [2.24, 2.45) is 0 Å². The molecule has 1 atom stereocenters. The van der Waals surface area contributed by atoms with Gasteiger partial charge in [0.15, 0.2) is 11.6 Å². The standard InChI is InChI=1S/C22H23F3N4O3Si/c1-33(2,3)9-8-13-4-7-18(17(24)10-13)27-20-15(5-6-16(23)19(20)25)21-28-29-22(32-21)26-11-14(31)12-30/h4-7,10,14,27,30-31H,11-12H2,1-3H3,(H,26,29)/t14-/m1/s1. The summed E-state index contributed by atoms with van der Waals surface area (Å²) in [5, 5.41) is 30.9. The van der Waals surface area contributed by atoms with E-state index in [1.807, 2.05) is 0 Å². The van der Waals surface area contributed by atoms with Crippen molar-refractivity contribution in [1.82, 2.24) is 10.2 Å². The highest BCUT2D eigenvalue weighted by Gasteiger charge is 2.21. The molecule has 7 nitrogen and oxygen atoms in total. The molecular weight excluding hydrogens is 453 g/mol. The molecular formula is C22H23F3N4O3Si. The van der Waals surface area contributed by atoms with Crippen molar-refractivity contribution in [2.75, 3.05) is 23.8 Å². The van der Waals surface area contributed by atoms with Gasteiger partial charge in [-0.05, 0) is 30.3 Å². The third kappa shape index (κ3) is 6.35. The van der Waals surface area contributed by atoms with E-state index in [2.05, 4.69) is 51.9 Å². The number of aromatic nitrogens is 2. The topological polar surface area (TPSA) is 103 Å². The van der Waals surface area contributed by atoms with Gasteiger partial charge in [0.1, 0.15) is 13.9 Å². The lowest BCUT2D eigenvalue weighted by Gasteiger charge is -2.13. The third-order valence-corrected chi connectivity index (χ3v) is 5.14. The van der Waals surface area contributed by atoms with E-state index < -0.39 is 38.2 Å². The molecule has 3 aromatic rings. The highest BCUT2D eigenvalue weighted by Crippen LogP contribution is 2.34. The second-order valence-corrected chi connectivity index (χ2v) is 13.0. The van der Waals surface area contributed by atoms with Gasteiger partial charge in [-0.2, -0.15) is 0 Å². The van der Waals surface area contributed by atoms with Crippen LogP contribution in [0.5, 0.6) is 0 Å². The van der Waals surface area contributed by atoms with E-state index in [9.17, 15) is 18.3 Å². The minimum atomic E-state index is -1.65. The van der Waals surface area contributed by atoms with Gasteiger partial charge in [-0.3, -0.25) is 0 Å². The molecule has 0 saturated heterocycles. The van der Waals surface area contributed by atoms with E-state index in [-0.39, 0.29) is 35.4 Å². The zero-order chi connectivity index (χ0) is 24.2. The van der Waals surface area contributed by atoms with Crippen molar-refractivity contribution in [1.29, 1.82) is 0 Å². The lowest BCUT2D eigenvalue weighted by atomic mass is 10.1. The number of nitrogens with zero attached hydrogens (tertiary/aromatic N) is 2. The maximum Gasteiger partial charge on any atom is 0.315 e. The molecule has 0 aliphatic rings. The van der Waals surface area contributed by atoms with Gasteiger partial charge in [-0.1, -0.05) is 30.7 Å². The molecule has 33 heavy (non-hydrogen) atoms. The first-order valence-electron chi connectivity index (χ1n) is 10.0. The van der Waals surface area contributed by atoms with Gasteiger partial charge in [0.05, 0.1) is 29.6 Å². The van der Waals surface area contributed by atoms with E-state index in [0.717, 1.165) is 6.07 Å². The Morgan fingerprint density at radius 1 is 1.09 bits per heavy atom. The minimum Gasteiger partial charge on any atom is -0.403 e. The first-order chi connectivity index (χ1) is 15.6. The SMILES string of the molecule is C[Si](C)(C)C#Cc1ccc(Nc2c(-c3nnc(NC[C@@H](O)CO)o3)ccc(F)c2F)c(F)c1. The van der Waals surface area contributed by atoms with Gasteiger partial charge in [0, 0.05) is 12.1 Å². The minimum absolute atomic E-state index is 0.000780. The summed E-state index contributed by atoms with van der Waals surface area (Å²) in [7, 11) is -1.65. The van der Waals surface area contributed by atoms with Crippen molar-refractivity contribution in [3.05, 3.63) is 53.3 Å². The molecule has 0 bridgehead atoms. The van der Waals surface area contributed by atoms with Crippen molar-refractivity contribution in [2.45, 2.75) is 25.7 Å². The summed E-state index contributed by atoms with van der Waals surface area (Å²) in [4.78, 5) is 0. The van der Waals surface area contributed by atoms with Crippen LogP contribution in [0.3, 0.4) is 0 Å². The zero-order valence-electron chi connectivity index (χ0n) is 18.2. The number of hydrogen-bond donors (Lipinski definition) is 4. The fraction of sp³-hybridized carbons (Fsp3) is 0.273. The maximum atomic E-state index is 14.7. The van der Waals surface area contributed by atoms with E-state index in [0.29, 0.717) is 5.56 Å². The molecule has 0 fully saturated rings. The smallest absolute Gasteiger partial charge is 0.315 e. The van der Waals surface area contributed by atoms with E-state index >= 15 is 0 Å². The molecule has 0 unspecified atom stereocenters. The first-order valence-corrected chi connectivity index (χ1v) is 13.5. The Morgan fingerprint density at radius 3 is 2.52 bits per heavy atom. The molecule has 11 heteroatoms. The largest absolute Gasteiger partial charge is 0.403 e. The Morgan fingerprint density at radius 2 is 1.85 bits per heavy atom. The van der Waals surface area contributed by atoms with Crippen LogP contribution in [0.2, 0.25) is 19.6 Å². The number of benzene rings is 2. The normalized spacial score (nSPS) is 12.1. The summed E-state index contributed by atoms with van der Waals surface area (Å²) in [6.07, 6.45) is -1.05. The molecule has 1 aromatic heterocycles. The fourth-order valence-corrected chi connectivity index (χ4v) is 3.13. The Labute approximate surface area is 189 Å². The van der Waals surface area contributed by atoms with Crippen molar-refractivity contribution < 1.29 is 27.8 Å². The summed E-state index contributed by atoms with van der Waals surface area (Å²) < 4.78 is 48.7. The van der Waals surface area contributed by atoms with Gasteiger partial charge >= 0.3 is 6.01 Å². The Hall–Kier alpha value is -3.33. The predicted octanol–water partition coefficient (Wildman–Crippen LogP) is 3.89. The van der Waals surface area contributed by atoms with Crippen LogP contribution >= 0.6 is 0 Å². The Bertz CT molecular complexity index is 1200. The monoisotopic (exact) mass is 476 g/mol. The van der Waals surface area contributed by atoms with Crippen molar-refractivity contribution in [3.8, 4) is 22.9 Å². The highest BCUT2D eigenvalue weighted by atomic mass is 28.3. The van der Waals surface area contributed by atoms with Gasteiger partial charge in [-0.15, -0.1) is 10.6 Å². The molecule has 174 valence electrons. The summed E-state index contributed by atoms with van der Waals surface area (Å²) in [5.74, 6) is -0.332.